The Morgan fingerprint density at radius 1 is 0.927 bits per heavy atom. The van der Waals surface area contributed by atoms with Crippen LogP contribution in [-0.2, 0) is 26.2 Å². The molecule has 220 valence electrons. The molecule has 2 amide bonds. The number of benzene rings is 3. The molecule has 41 heavy (non-hydrogen) atoms. The highest BCUT2D eigenvalue weighted by molar-refractivity contribution is 7.92. The van der Waals surface area contributed by atoms with E-state index in [1.165, 1.54) is 44.4 Å². The van der Waals surface area contributed by atoms with E-state index >= 15 is 0 Å². The minimum Gasteiger partial charge on any atom is -0.493 e. The van der Waals surface area contributed by atoms with E-state index in [0.717, 1.165) is 9.87 Å². The summed E-state index contributed by atoms with van der Waals surface area (Å²) in [7, 11) is 0.0434. The molecule has 3 rings (SSSR count). The topological polar surface area (TPSA) is 105 Å². The number of halogens is 2. The van der Waals surface area contributed by atoms with E-state index in [4.69, 9.17) is 32.7 Å². The minimum absolute atomic E-state index is 0.000205. The number of ether oxygens (including phenoxy) is 2. The summed E-state index contributed by atoms with van der Waals surface area (Å²) < 4.78 is 39.7. The third kappa shape index (κ3) is 7.44. The molecule has 0 spiro atoms. The molecule has 1 N–H and O–H groups in total. The van der Waals surface area contributed by atoms with Gasteiger partial charge in [-0.1, -0.05) is 53.9 Å². The Balaban J connectivity index is 2.10. The Morgan fingerprint density at radius 2 is 1.59 bits per heavy atom. The van der Waals surface area contributed by atoms with E-state index in [1.807, 2.05) is 6.92 Å². The lowest BCUT2D eigenvalue weighted by atomic mass is 10.1. The van der Waals surface area contributed by atoms with Crippen LogP contribution in [0.2, 0.25) is 10.0 Å². The lowest BCUT2D eigenvalue weighted by Gasteiger charge is -2.33. The van der Waals surface area contributed by atoms with Crippen LogP contribution in [0.3, 0.4) is 0 Å². The molecule has 3 aromatic rings. The fourth-order valence-corrected chi connectivity index (χ4v) is 6.02. The van der Waals surface area contributed by atoms with Crippen LogP contribution in [0, 0.1) is 6.92 Å². The quantitative estimate of drug-likeness (QED) is 0.303. The number of hydrogen-bond donors (Lipinski definition) is 1. The van der Waals surface area contributed by atoms with E-state index in [1.54, 1.807) is 49.4 Å². The molecule has 9 nitrogen and oxygen atoms in total. The second-order valence-corrected chi connectivity index (χ2v) is 11.8. The van der Waals surface area contributed by atoms with E-state index in [9.17, 15) is 18.0 Å². The molecule has 0 aliphatic heterocycles. The van der Waals surface area contributed by atoms with Gasteiger partial charge < -0.3 is 19.7 Å². The third-order valence-electron chi connectivity index (χ3n) is 6.51. The van der Waals surface area contributed by atoms with Crippen molar-refractivity contribution < 1.29 is 27.5 Å². The van der Waals surface area contributed by atoms with Gasteiger partial charge in [0.15, 0.2) is 11.5 Å². The summed E-state index contributed by atoms with van der Waals surface area (Å²) >= 11 is 12.3. The van der Waals surface area contributed by atoms with Crippen molar-refractivity contribution in [2.24, 2.45) is 0 Å². The maximum absolute atomic E-state index is 14.1. The van der Waals surface area contributed by atoms with Crippen LogP contribution in [0.25, 0.3) is 0 Å². The molecule has 0 aliphatic rings. The first-order chi connectivity index (χ1) is 19.5. The van der Waals surface area contributed by atoms with Crippen molar-refractivity contribution in [1.82, 2.24) is 10.2 Å². The monoisotopic (exact) mass is 621 g/mol. The molecule has 1 atom stereocenters. The Kier molecular flexibility index (Phi) is 10.9. The highest BCUT2D eigenvalue weighted by Gasteiger charge is 2.34. The maximum Gasteiger partial charge on any atom is 0.264 e. The van der Waals surface area contributed by atoms with Gasteiger partial charge in [0, 0.05) is 19.7 Å². The molecule has 12 heteroatoms. The average Bonchev–Trinajstić information content (AvgIpc) is 2.97. The average molecular weight is 623 g/mol. The van der Waals surface area contributed by atoms with Crippen molar-refractivity contribution in [2.75, 3.05) is 32.1 Å². The summed E-state index contributed by atoms with van der Waals surface area (Å²) in [5.74, 6) is -0.397. The first-order valence-corrected chi connectivity index (χ1v) is 14.9. The van der Waals surface area contributed by atoms with Gasteiger partial charge in [-0.2, -0.15) is 0 Å². The van der Waals surface area contributed by atoms with Crippen molar-refractivity contribution in [3.8, 4) is 11.5 Å². The minimum atomic E-state index is -4.29. The van der Waals surface area contributed by atoms with E-state index in [-0.39, 0.29) is 28.8 Å². The molecule has 0 aliphatic carbocycles. The number of amides is 2. The van der Waals surface area contributed by atoms with Crippen molar-refractivity contribution in [1.29, 1.82) is 0 Å². The Morgan fingerprint density at radius 3 is 2.15 bits per heavy atom. The number of anilines is 1. The first kappa shape index (κ1) is 32.0. The molecule has 0 heterocycles. The number of nitrogens with zero attached hydrogens (tertiary/aromatic N) is 2. The van der Waals surface area contributed by atoms with Gasteiger partial charge in [-0.3, -0.25) is 13.9 Å². The van der Waals surface area contributed by atoms with E-state index in [0.29, 0.717) is 27.8 Å². The second kappa shape index (κ2) is 13.9. The van der Waals surface area contributed by atoms with Crippen LogP contribution >= 0.6 is 23.2 Å². The molecule has 0 fully saturated rings. The van der Waals surface area contributed by atoms with Crippen molar-refractivity contribution in [3.63, 3.8) is 0 Å². The summed E-state index contributed by atoms with van der Waals surface area (Å²) in [5, 5.41) is 3.23. The molecule has 0 saturated carbocycles. The first-order valence-electron chi connectivity index (χ1n) is 12.7. The van der Waals surface area contributed by atoms with Gasteiger partial charge in [-0.15, -0.1) is 0 Å². The summed E-state index contributed by atoms with van der Waals surface area (Å²) in [4.78, 5) is 28.1. The maximum atomic E-state index is 14.1. The van der Waals surface area contributed by atoms with Gasteiger partial charge in [-0.25, -0.2) is 8.42 Å². The highest BCUT2D eigenvalue weighted by atomic mass is 35.5. The summed E-state index contributed by atoms with van der Waals surface area (Å²) in [5.41, 5.74) is 1.82. The van der Waals surface area contributed by atoms with E-state index < -0.39 is 28.5 Å². The van der Waals surface area contributed by atoms with Crippen LogP contribution in [0.15, 0.2) is 65.6 Å². The number of methoxy groups -OCH3 is 2. The predicted octanol–water partition coefficient (Wildman–Crippen LogP) is 5.07. The molecular formula is C29H33Cl2N3O6S. The highest BCUT2D eigenvalue weighted by Crippen LogP contribution is 2.32. The van der Waals surface area contributed by atoms with Crippen LogP contribution in [0.4, 0.5) is 5.69 Å². The number of rotatable bonds is 12. The molecule has 0 radical (unpaired) electrons. The number of carbonyl (C=O) groups is 2. The normalized spacial score (nSPS) is 11.9. The van der Waals surface area contributed by atoms with Crippen LogP contribution < -0.4 is 19.1 Å². The largest absolute Gasteiger partial charge is 0.493 e. The lowest BCUT2D eigenvalue weighted by molar-refractivity contribution is -0.140. The number of likely N-dealkylation sites (N-methyl/N-ethyl adjacent to an activating group) is 1. The Labute approximate surface area is 251 Å². The van der Waals surface area contributed by atoms with Crippen LogP contribution in [0.5, 0.6) is 11.5 Å². The van der Waals surface area contributed by atoms with Crippen LogP contribution in [-0.4, -0.2) is 59.0 Å². The smallest absolute Gasteiger partial charge is 0.264 e. The molecule has 0 unspecified atom stereocenters. The van der Waals surface area contributed by atoms with Crippen molar-refractivity contribution >= 4 is 50.7 Å². The summed E-state index contributed by atoms with van der Waals surface area (Å²) in [6.07, 6.45) is 0.291. The fraction of sp³-hybridized carbons (Fsp3) is 0.310. The van der Waals surface area contributed by atoms with Gasteiger partial charge in [0.05, 0.1) is 34.8 Å². The third-order valence-corrected chi connectivity index (χ3v) is 9.02. The fourth-order valence-electron chi connectivity index (χ4n) is 4.26. The molecule has 0 bridgehead atoms. The molecule has 3 aromatic carbocycles. The number of aryl methyl sites for hydroxylation is 1. The number of hydrogen-bond acceptors (Lipinski definition) is 6. The SMILES string of the molecule is CC[C@H](C(=O)NC)N(Cc1ccc(Cl)c(Cl)c1)C(=O)CN(c1ccc(C)cc1)S(=O)(=O)c1ccc(OC)c(OC)c1. The zero-order chi connectivity index (χ0) is 30.3. The van der Waals surface area contributed by atoms with Crippen molar-refractivity contribution in [2.45, 2.75) is 37.8 Å². The van der Waals surface area contributed by atoms with Crippen LogP contribution in [0.1, 0.15) is 24.5 Å². The Bertz CT molecular complexity index is 1500. The van der Waals surface area contributed by atoms with Gasteiger partial charge in [-0.05, 0) is 55.3 Å². The summed E-state index contributed by atoms with van der Waals surface area (Å²) in [6, 6.07) is 15.0. The predicted molar refractivity (Wildman–Crippen MR) is 160 cm³/mol. The van der Waals surface area contributed by atoms with Gasteiger partial charge in [0.1, 0.15) is 12.6 Å². The molecule has 0 aromatic heterocycles. The van der Waals surface area contributed by atoms with Gasteiger partial charge >= 0.3 is 0 Å². The molecular weight excluding hydrogens is 589 g/mol. The molecule has 0 saturated heterocycles. The van der Waals surface area contributed by atoms with E-state index in [2.05, 4.69) is 5.32 Å². The van der Waals surface area contributed by atoms with Crippen molar-refractivity contribution in [3.05, 3.63) is 81.8 Å². The van der Waals surface area contributed by atoms with Gasteiger partial charge in [0.2, 0.25) is 11.8 Å². The zero-order valence-corrected chi connectivity index (χ0v) is 25.8. The zero-order valence-electron chi connectivity index (χ0n) is 23.5. The number of sulfonamides is 1. The summed E-state index contributed by atoms with van der Waals surface area (Å²) in [6.45, 7) is 3.07. The number of nitrogens with one attached hydrogen (secondary N) is 1. The standard InChI is InChI=1S/C29H33Cl2N3O6S/c1-6-25(29(36)32-3)33(17-20-9-13-23(30)24(31)15-20)28(35)18-34(21-10-7-19(2)8-11-21)41(37,38)22-12-14-26(39-4)27(16-22)40-5/h7-16,25H,6,17-18H2,1-5H3,(H,32,36)/t25-/m1/s1. The Hall–Kier alpha value is -3.47. The number of carbonyl (C=O) groups excluding carboxylic acids is 2. The second-order valence-electron chi connectivity index (χ2n) is 9.17. The lowest BCUT2D eigenvalue weighted by Crippen LogP contribution is -2.51. The van der Waals surface area contributed by atoms with Gasteiger partial charge in [0.25, 0.3) is 10.0 Å².